The van der Waals surface area contributed by atoms with E-state index in [-0.39, 0.29) is 5.91 Å². The average Bonchev–Trinajstić information content (AvgIpc) is 2.88. The quantitative estimate of drug-likeness (QED) is 0.628. The van der Waals surface area contributed by atoms with E-state index in [1.54, 1.807) is 7.11 Å². The number of methoxy groups -OCH3 is 1. The molecule has 0 spiro atoms. The largest absolute Gasteiger partial charge is 0.480 e. The lowest BCUT2D eigenvalue weighted by Crippen LogP contribution is -2.40. The van der Waals surface area contributed by atoms with Crippen LogP contribution in [0, 0.1) is 5.92 Å². The molecule has 1 fully saturated rings. The molecule has 5 heteroatoms. The van der Waals surface area contributed by atoms with Gasteiger partial charge in [0, 0.05) is 20.1 Å². The van der Waals surface area contributed by atoms with E-state index >= 15 is 0 Å². The van der Waals surface area contributed by atoms with Gasteiger partial charge in [-0.25, -0.2) is 4.79 Å². The zero-order valence-corrected chi connectivity index (χ0v) is 11.7. The topological polar surface area (TPSA) is 75.6 Å². The first-order chi connectivity index (χ1) is 9.13. The van der Waals surface area contributed by atoms with Crippen LogP contribution in [0.4, 0.5) is 0 Å². The van der Waals surface area contributed by atoms with Crippen molar-refractivity contribution in [1.29, 1.82) is 0 Å². The summed E-state index contributed by atoms with van der Waals surface area (Å²) in [6.45, 7) is 0.516. The van der Waals surface area contributed by atoms with Crippen molar-refractivity contribution in [3.63, 3.8) is 0 Å². The molecule has 0 saturated heterocycles. The number of carboxylic acids is 1. The maximum absolute atomic E-state index is 11.7. The predicted octanol–water partition coefficient (Wildman–Crippen LogP) is 1.95. The molecule has 0 radical (unpaired) electrons. The fraction of sp³-hybridized carbons (Fsp3) is 0.857. The maximum Gasteiger partial charge on any atom is 0.326 e. The van der Waals surface area contributed by atoms with Gasteiger partial charge in [-0.15, -0.1) is 0 Å². The monoisotopic (exact) mass is 271 g/mol. The van der Waals surface area contributed by atoms with Gasteiger partial charge >= 0.3 is 5.97 Å². The molecule has 0 heterocycles. The van der Waals surface area contributed by atoms with E-state index < -0.39 is 12.0 Å². The fourth-order valence-corrected chi connectivity index (χ4v) is 2.59. The standard InChI is InChI=1S/C14H25NO4/c1-19-10-4-7-12(14(17)18)15-13(16)9-8-11-5-2-3-6-11/h11-12H,2-10H2,1H3,(H,15,16)(H,17,18). The van der Waals surface area contributed by atoms with Gasteiger partial charge in [-0.2, -0.15) is 0 Å². The molecule has 1 aliphatic carbocycles. The van der Waals surface area contributed by atoms with Crippen molar-refractivity contribution in [1.82, 2.24) is 5.32 Å². The number of carbonyl (C=O) groups excluding carboxylic acids is 1. The molecular weight excluding hydrogens is 246 g/mol. The number of nitrogens with one attached hydrogen (secondary N) is 1. The van der Waals surface area contributed by atoms with Crippen molar-refractivity contribution < 1.29 is 19.4 Å². The molecule has 0 aromatic carbocycles. The molecule has 1 amide bonds. The van der Waals surface area contributed by atoms with Gasteiger partial charge in [0.2, 0.25) is 5.91 Å². The second-order valence-corrected chi connectivity index (χ2v) is 5.28. The first kappa shape index (κ1) is 16.0. The van der Waals surface area contributed by atoms with Gasteiger partial charge in [-0.05, 0) is 25.2 Å². The van der Waals surface area contributed by atoms with E-state index in [1.807, 2.05) is 0 Å². The Bertz CT molecular complexity index is 287. The zero-order chi connectivity index (χ0) is 14.1. The van der Waals surface area contributed by atoms with Crippen LogP contribution in [0.1, 0.15) is 51.4 Å². The van der Waals surface area contributed by atoms with Gasteiger partial charge in [0.15, 0.2) is 0 Å². The molecule has 0 bridgehead atoms. The first-order valence-electron chi connectivity index (χ1n) is 7.14. The Labute approximate surface area is 114 Å². The third-order valence-corrected chi connectivity index (χ3v) is 3.73. The lowest BCUT2D eigenvalue weighted by atomic mass is 10.0. The molecule has 110 valence electrons. The van der Waals surface area contributed by atoms with Crippen LogP contribution < -0.4 is 5.32 Å². The van der Waals surface area contributed by atoms with Gasteiger partial charge in [-0.3, -0.25) is 4.79 Å². The lowest BCUT2D eigenvalue weighted by molar-refractivity contribution is -0.142. The van der Waals surface area contributed by atoms with Gasteiger partial charge in [-0.1, -0.05) is 25.7 Å². The number of carbonyl (C=O) groups is 2. The molecule has 5 nitrogen and oxygen atoms in total. The van der Waals surface area contributed by atoms with Crippen LogP contribution in [-0.4, -0.2) is 36.7 Å². The molecule has 1 rings (SSSR count). The number of hydrogen-bond acceptors (Lipinski definition) is 3. The normalized spacial score (nSPS) is 17.3. The van der Waals surface area contributed by atoms with E-state index in [9.17, 15) is 9.59 Å². The number of ether oxygens (including phenoxy) is 1. The van der Waals surface area contributed by atoms with Crippen LogP contribution in [0.25, 0.3) is 0 Å². The maximum atomic E-state index is 11.7. The average molecular weight is 271 g/mol. The van der Waals surface area contributed by atoms with E-state index in [0.29, 0.717) is 31.8 Å². The summed E-state index contributed by atoms with van der Waals surface area (Å²) in [5.74, 6) is -0.454. The Balaban J connectivity index is 2.23. The minimum atomic E-state index is -0.967. The van der Waals surface area contributed by atoms with E-state index in [4.69, 9.17) is 9.84 Å². The number of carboxylic acid groups (broad SMARTS) is 1. The molecule has 1 saturated carbocycles. The van der Waals surface area contributed by atoms with Gasteiger partial charge in [0.05, 0.1) is 0 Å². The minimum Gasteiger partial charge on any atom is -0.480 e. The molecule has 0 aliphatic heterocycles. The highest BCUT2D eigenvalue weighted by Gasteiger charge is 2.21. The molecule has 2 N–H and O–H groups in total. The van der Waals surface area contributed by atoms with Crippen LogP contribution in [-0.2, 0) is 14.3 Å². The van der Waals surface area contributed by atoms with Crippen LogP contribution in [0.5, 0.6) is 0 Å². The van der Waals surface area contributed by atoms with Gasteiger partial charge in [0.1, 0.15) is 6.04 Å². The molecule has 0 aromatic rings. The summed E-state index contributed by atoms with van der Waals surface area (Å²) in [6.07, 6.45) is 7.33. The number of hydrogen-bond donors (Lipinski definition) is 2. The molecule has 19 heavy (non-hydrogen) atoms. The highest BCUT2D eigenvalue weighted by atomic mass is 16.5. The smallest absolute Gasteiger partial charge is 0.326 e. The second kappa shape index (κ2) is 8.91. The molecule has 1 aliphatic rings. The predicted molar refractivity (Wildman–Crippen MR) is 71.9 cm³/mol. The third-order valence-electron chi connectivity index (χ3n) is 3.73. The molecular formula is C14H25NO4. The summed E-state index contributed by atoms with van der Waals surface area (Å²) in [5.41, 5.74) is 0. The third kappa shape index (κ3) is 6.57. The Morgan fingerprint density at radius 1 is 1.37 bits per heavy atom. The SMILES string of the molecule is COCCCC(NC(=O)CCC1CCCC1)C(=O)O. The van der Waals surface area contributed by atoms with Gasteiger partial charge in [0.25, 0.3) is 0 Å². The van der Waals surface area contributed by atoms with Crippen LogP contribution in [0.2, 0.25) is 0 Å². The van der Waals surface area contributed by atoms with Gasteiger partial charge < -0.3 is 15.2 Å². The van der Waals surface area contributed by atoms with E-state index in [1.165, 1.54) is 25.7 Å². The minimum absolute atomic E-state index is 0.142. The van der Waals surface area contributed by atoms with Crippen molar-refractivity contribution in [2.75, 3.05) is 13.7 Å². The summed E-state index contributed by atoms with van der Waals surface area (Å²) in [6, 6.07) is -0.786. The summed E-state index contributed by atoms with van der Waals surface area (Å²) >= 11 is 0. The first-order valence-corrected chi connectivity index (χ1v) is 7.14. The van der Waals surface area contributed by atoms with Crippen molar-refractivity contribution in [3.05, 3.63) is 0 Å². The molecule has 1 unspecified atom stereocenters. The van der Waals surface area contributed by atoms with Crippen LogP contribution in [0.15, 0.2) is 0 Å². The number of rotatable bonds is 9. The molecule has 0 aromatic heterocycles. The Kier molecular flexibility index (Phi) is 7.48. The highest BCUT2D eigenvalue weighted by molar-refractivity contribution is 5.83. The number of amides is 1. The summed E-state index contributed by atoms with van der Waals surface area (Å²) in [4.78, 5) is 22.8. The zero-order valence-electron chi connectivity index (χ0n) is 11.7. The number of aliphatic carboxylic acids is 1. The lowest BCUT2D eigenvalue weighted by Gasteiger charge is -2.15. The van der Waals surface area contributed by atoms with Crippen LogP contribution >= 0.6 is 0 Å². The van der Waals surface area contributed by atoms with Crippen molar-refractivity contribution in [2.45, 2.75) is 57.4 Å². The Morgan fingerprint density at radius 2 is 2.05 bits per heavy atom. The Morgan fingerprint density at radius 3 is 2.63 bits per heavy atom. The Hall–Kier alpha value is -1.10. The van der Waals surface area contributed by atoms with Crippen molar-refractivity contribution in [2.24, 2.45) is 5.92 Å². The van der Waals surface area contributed by atoms with E-state index in [0.717, 1.165) is 6.42 Å². The summed E-state index contributed by atoms with van der Waals surface area (Å²) < 4.78 is 4.89. The van der Waals surface area contributed by atoms with Crippen molar-refractivity contribution in [3.8, 4) is 0 Å². The summed E-state index contributed by atoms with van der Waals surface area (Å²) in [7, 11) is 1.58. The summed E-state index contributed by atoms with van der Waals surface area (Å²) in [5, 5.41) is 11.7. The molecule has 1 atom stereocenters. The van der Waals surface area contributed by atoms with Crippen LogP contribution in [0.3, 0.4) is 0 Å². The highest BCUT2D eigenvalue weighted by Crippen LogP contribution is 2.28. The fourth-order valence-electron chi connectivity index (χ4n) is 2.59. The second-order valence-electron chi connectivity index (χ2n) is 5.28. The van der Waals surface area contributed by atoms with Crippen molar-refractivity contribution >= 4 is 11.9 Å². The van der Waals surface area contributed by atoms with E-state index in [2.05, 4.69) is 5.32 Å².